The smallest absolute Gasteiger partial charge is 0.327 e. The Morgan fingerprint density at radius 1 is 1.26 bits per heavy atom. The van der Waals surface area contributed by atoms with Crippen molar-refractivity contribution in [3.05, 3.63) is 41.7 Å². The molecular weight excluding hydrogens is 294 g/mol. The highest BCUT2D eigenvalue weighted by Crippen LogP contribution is 2.29. The molecule has 6 nitrogen and oxygen atoms in total. The normalized spacial score (nSPS) is 20.5. The molecule has 3 heterocycles. The molecule has 0 N–H and O–H groups in total. The van der Waals surface area contributed by atoms with Crippen LogP contribution in [-0.4, -0.2) is 39.5 Å². The van der Waals surface area contributed by atoms with Crippen LogP contribution in [0.1, 0.15) is 24.2 Å². The highest BCUT2D eigenvalue weighted by molar-refractivity contribution is 6.04. The first-order valence-corrected chi connectivity index (χ1v) is 7.78. The molecule has 2 aliphatic heterocycles. The summed E-state index contributed by atoms with van der Waals surface area (Å²) in [5.41, 5.74) is 2.83. The summed E-state index contributed by atoms with van der Waals surface area (Å²) >= 11 is 0. The maximum absolute atomic E-state index is 12.3. The fourth-order valence-electron chi connectivity index (χ4n) is 3.23. The van der Waals surface area contributed by atoms with Gasteiger partial charge in [0, 0.05) is 18.2 Å². The fraction of sp³-hybridized carbons (Fsp3) is 0.353. The number of amides is 3. The predicted molar refractivity (Wildman–Crippen MR) is 82.4 cm³/mol. The second kappa shape index (κ2) is 5.22. The molecule has 0 bridgehead atoms. The molecule has 1 aromatic carbocycles. The average molecular weight is 311 g/mol. The van der Waals surface area contributed by atoms with Gasteiger partial charge in [0.2, 0.25) is 0 Å². The Morgan fingerprint density at radius 2 is 2.04 bits per heavy atom. The van der Waals surface area contributed by atoms with Gasteiger partial charge in [-0.1, -0.05) is 35.0 Å². The second-order valence-electron chi connectivity index (χ2n) is 6.10. The van der Waals surface area contributed by atoms with E-state index in [1.54, 1.807) is 11.0 Å². The predicted octanol–water partition coefficient (Wildman–Crippen LogP) is 2.58. The summed E-state index contributed by atoms with van der Waals surface area (Å²) in [5, 5.41) is 4.04. The van der Waals surface area contributed by atoms with Crippen LogP contribution in [0, 0.1) is 6.92 Å². The van der Waals surface area contributed by atoms with Gasteiger partial charge < -0.3 is 9.42 Å². The lowest BCUT2D eigenvalue weighted by Crippen LogP contribution is -2.32. The third-order valence-corrected chi connectivity index (χ3v) is 4.50. The van der Waals surface area contributed by atoms with E-state index in [0.29, 0.717) is 18.0 Å². The highest BCUT2D eigenvalue weighted by Gasteiger charge is 2.47. The first kappa shape index (κ1) is 14.0. The molecular formula is C17H17N3O3. The summed E-state index contributed by atoms with van der Waals surface area (Å²) in [6.45, 7) is 2.83. The number of urea groups is 1. The molecule has 2 saturated heterocycles. The van der Waals surface area contributed by atoms with Crippen molar-refractivity contribution < 1.29 is 14.1 Å². The lowest BCUT2D eigenvalue weighted by atomic mass is 10.1. The van der Waals surface area contributed by atoms with Crippen LogP contribution in [0.3, 0.4) is 0 Å². The Hall–Kier alpha value is -2.63. The van der Waals surface area contributed by atoms with E-state index in [0.717, 1.165) is 18.4 Å². The molecule has 4 rings (SSSR count). The standard InChI is InChI=1S/C17H17N3O3/c1-11-4-6-12(7-5-11)14-9-13(23-18-14)10-20-16(21)15-3-2-8-19(15)17(20)22/h4-7,9,15H,2-3,8,10H2,1H3/t15-/m0/s1. The van der Waals surface area contributed by atoms with Gasteiger partial charge in [0.25, 0.3) is 5.91 Å². The minimum Gasteiger partial charge on any atom is -0.359 e. The maximum atomic E-state index is 12.3. The summed E-state index contributed by atoms with van der Waals surface area (Å²) in [6, 6.07) is 9.25. The zero-order valence-electron chi connectivity index (χ0n) is 12.9. The van der Waals surface area contributed by atoms with E-state index >= 15 is 0 Å². The molecule has 0 aliphatic carbocycles. The third-order valence-electron chi connectivity index (χ3n) is 4.50. The quantitative estimate of drug-likeness (QED) is 0.817. The van der Waals surface area contributed by atoms with E-state index in [-0.39, 0.29) is 24.5 Å². The minimum absolute atomic E-state index is 0.124. The van der Waals surface area contributed by atoms with Crippen LogP contribution in [0.15, 0.2) is 34.9 Å². The number of hydrogen-bond donors (Lipinski definition) is 0. The van der Waals surface area contributed by atoms with Crippen molar-refractivity contribution in [2.24, 2.45) is 0 Å². The zero-order valence-corrected chi connectivity index (χ0v) is 12.9. The molecule has 0 radical (unpaired) electrons. The van der Waals surface area contributed by atoms with E-state index in [2.05, 4.69) is 5.16 Å². The summed E-state index contributed by atoms with van der Waals surface area (Å²) in [7, 11) is 0. The summed E-state index contributed by atoms with van der Waals surface area (Å²) in [4.78, 5) is 27.5. The van der Waals surface area contributed by atoms with E-state index < -0.39 is 0 Å². The number of imide groups is 1. The van der Waals surface area contributed by atoms with Gasteiger partial charge in [-0.2, -0.15) is 0 Å². The number of rotatable bonds is 3. The monoisotopic (exact) mass is 311 g/mol. The van der Waals surface area contributed by atoms with Gasteiger partial charge in [-0.25, -0.2) is 4.79 Å². The van der Waals surface area contributed by atoms with Crippen LogP contribution in [0.5, 0.6) is 0 Å². The molecule has 0 saturated carbocycles. The Labute approximate surface area is 133 Å². The molecule has 2 aromatic rings. The van der Waals surface area contributed by atoms with Crippen molar-refractivity contribution in [3.8, 4) is 11.3 Å². The van der Waals surface area contributed by atoms with E-state index in [9.17, 15) is 9.59 Å². The molecule has 1 atom stereocenters. The first-order chi connectivity index (χ1) is 11.1. The highest BCUT2D eigenvalue weighted by atomic mass is 16.5. The molecule has 118 valence electrons. The van der Waals surface area contributed by atoms with Gasteiger partial charge in [-0.3, -0.25) is 9.69 Å². The Kier molecular flexibility index (Phi) is 3.18. The van der Waals surface area contributed by atoms with Crippen molar-refractivity contribution in [1.29, 1.82) is 0 Å². The van der Waals surface area contributed by atoms with Crippen LogP contribution in [0.25, 0.3) is 11.3 Å². The van der Waals surface area contributed by atoms with Crippen molar-refractivity contribution in [2.75, 3.05) is 6.54 Å². The average Bonchev–Trinajstić information content (AvgIpc) is 3.25. The number of aryl methyl sites for hydroxylation is 1. The molecule has 23 heavy (non-hydrogen) atoms. The third kappa shape index (κ3) is 2.30. The molecule has 6 heteroatoms. The van der Waals surface area contributed by atoms with Crippen molar-refractivity contribution in [2.45, 2.75) is 32.4 Å². The first-order valence-electron chi connectivity index (χ1n) is 7.78. The number of hydrogen-bond acceptors (Lipinski definition) is 4. The van der Waals surface area contributed by atoms with E-state index in [4.69, 9.17) is 4.52 Å². The van der Waals surface area contributed by atoms with Gasteiger partial charge >= 0.3 is 6.03 Å². The molecule has 3 amide bonds. The Bertz CT molecular complexity index is 744. The fourth-order valence-corrected chi connectivity index (χ4v) is 3.23. The molecule has 2 aliphatic rings. The van der Waals surface area contributed by atoms with Gasteiger partial charge in [0.05, 0.1) is 6.54 Å². The maximum Gasteiger partial charge on any atom is 0.327 e. The van der Waals surface area contributed by atoms with E-state index in [1.807, 2.05) is 31.2 Å². The molecule has 2 fully saturated rings. The van der Waals surface area contributed by atoms with Gasteiger partial charge in [-0.15, -0.1) is 0 Å². The van der Waals surface area contributed by atoms with Crippen molar-refractivity contribution >= 4 is 11.9 Å². The SMILES string of the molecule is Cc1ccc(-c2cc(CN3C(=O)[C@@H]4CCCN4C3=O)on2)cc1. The van der Waals surface area contributed by atoms with Crippen LogP contribution in [-0.2, 0) is 11.3 Å². The van der Waals surface area contributed by atoms with Crippen LogP contribution in [0.4, 0.5) is 4.79 Å². The second-order valence-corrected chi connectivity index (χ2v) is 6.10. The lowest BCUT2D eigenvalue weighted by molar-refractivity contribution is -0.128. The largest absolute Gasteiger partial charge is 0.359 e. The molecule has 0 spiro atoms. The summed E-state index contributed by atoms with van der Waals surface area (Å²) in [6.07, 6.45) is 1.65. The Balaban J connectivity index is 1.53. The number of carbonyl (C=O) groups excluding carboxylic acids is 2. The van der Waals surface area contributed by atoms with Gasteiger partial charge in [0.15, 0.2) is 5.76 Å². The van der Waals surface area contributed by atoms with Crippen LogP contribution in [0.2, 0.25) is 0 Å². The van der Waals surface area contributed by atoms with Crippen LogP contribution < -0.4 is 0 Å². The van der Waals surface area contributed by atoms with Crippen LogP contribution >= 0.6 is 0 Å². The number of aromatic nitrogens is 1. The van der Waals surface area contributed by atoms with Gasteiger partial charge in [-0.05, 0) is 19.8 Å². The minimum atomic E-state index is -0.276. The topological polar surface area (TPSA) is 66.7 Å². The van der Waals surface area contributed by atoms with E-state index in [1.165, 1.54) is 10.5 Å². The zero-order chi connectivity index (χ0) is 16.0. The number of benzene rings is 1. The molecule has 0 unspecified atom stereocenters. The lowest BCUT2D eigenvalue weighted by Gasteiger charge is -2.13. The molecule has 1 aromatic heterocycles. The number of carbonyl (C=O) groups is 2. The number of nitrogens with zero attached hydrogens (tertiary/aromatic N) is 3. The van der Waals surface area contributed by atoms with Crippen molar-refractivity contribution in [1.82, 2.24) is 15.0 Å². The van der Waals surface area contributed by atoms with Gasteiger partial charge in [0.1, 0.15) is 11.7 Å². The summed E-state index contributed by atoms with van der Waals surface area (Å²) in [5.74, 6) is 0.393. The Morgan fingerprint density at radius 3 is 2.78 bits per heavy atom. The summed E-state index contributed by atoms with van der Waals surface area (Å²) < 4.78 is 5.32. The number of fused-ring (bicyclic) bond motifs is 1. The van der Waals surface area contributed by atoms with Crippen molar-refractivity contribution in [3.63, 3.8) is 0 Å².